The minimum absolute atomic E-state index is 0.232. The van der Waals surface area contributed by atoms with Crippen LogP contribution in [-0.2, 0) is 4.79 Å². The monoisotopic (exact) mass is 290 g/mol. The SMILES string of the molecule is Cc1ccccc1OCCN(C)C(=O)CC1CCNCC1. The van der Waals surface area contributed by atoms with Crippen LogP contribution in [0.1, 0.15) is 24.8 Å². The van der Waals surface area contributed by atoms with Crippen molar-refractivity contribution in [2.24, 2.45) is 5.92 Å². The van der Waals surface area contributed by atoms with Crippen LogP contribution in [0.3, 0.4) is 0 Å². The van der Waals surface area contributed by atoms with Gasteiger partial charge in [-0.05, 0) is 50.4 Å². The number of benzene rings is 1. The number of hydrogen-bond donors (Lipinski definition) is 1. The zero-order valence-corrected chi connectivity index (χ0v) is 13.1. The first-order valence-corrected chi connectivity index (χ1v) is 7.80. The quantitative estimate of drug-likeness (QED) is 0.873. The van der Waals surface area contributed by atoms with Crippen LogP contribution in [-0.4, -0.2) is 44.1 Å². The van der Waals surface area contributed by atoms with Gasteiger partial charge >= 0.3 is 0 Å². The van der Waals surface area contributed by atoms with Crippen molar-refractivity contribution in [3.05, 3.63) is 29.8 Å². The number of amides is 1. The summed E-state index contributed by atoms with van der Waals surface area (Å²) in [6.45, 7) is 5.29. The Morgan fingerprint density at radius 1 is 1.33 bits per heavy atom. The maximum atomic E-state index is 12.2. The number of ether oxygens (including phenoxy) is 1. The Morgan fingerprint density at radius 3 is 2.76 bits per heavy atom. The maximum absolute atomic E-state index is 12.2. The average Bonchev–Trinajstić information content (AvgIpc) is 2.50. The topological polar surface area (TPSA) is 41.6 Å². The van der Waals surface area contributed by atoms with Crippen LogP contribution >= 0.6 is 0 Å². The van der Waals surface area contributed by atoms with E-state index in [1.165, 1.54) is 0 Å². The lowest BCUT2D eigenvalue weighted by Crippen LogP contribution is -2.35. The molecule has 0 unspecified atom stereocenters. The molecule has 1 fully saturated rings. The molecule has 0 aromatic heterocycles. The number of rotatable bonds is 6. The first-order chi connectivity index (χ1) is 10.2. The van der Waals surface area contributed by atoms with Gasteiger partial charge in [-0.3, -0.25) is 4.79 Å². The molecule has 4 nitrogen and oxygen atoms in total. The second kappa shape index (κ2) is 8.03. The molecule has 2 rings (SSSR count). The Balaban J connectivity index is 1.70. The summed E-state index contributed by atoms with van der Waals surface area (Å²) in [5.41, 5.74) is 1.13. The predicted octanol–water partition coefficient (Wildman–Crippen LogP) is 2.22. The standard InChI is InChI=1S/C17H26N2O2/c1-14-5-3-4-6-16(14)21-12-11-19(2)17(20)13-15-7-9-18-10-8-15/h3-6,15,18H,7-13H2,1-2H3. The van der Waals surface area contributed by atoms with Crippen molar-refractivity contribution in [2.75, 3.05) is 33.3 Å². The minimum atomic E-state index is 0.232. The summed E-state index contributed by atoms with van der Waals surface area (Å²) in [5.74, 6) is 1.67. The van der Waals surface area contributed by atoms with Gasteiger partial charge in [-0.2, -0.15) is 0 Å². The number of para-hydroxylation sites is 1. The summed E-state index contributed by atoms with van der Waals surface area (Å²) in [6.07, 6.45) is 2.89. The average molecular weight is 290 g/mol. The van der Waals surface area contributed by atoms with Crippen molar-refractivity contribution in [3.63, 3.8) is 0 Å². The van der Waals surface area contributed by atoms with Crippen molar-refractivity contribution in [2.45, 2.75) is 26.2 Å². The van der Waals surface area contributed by atoms with E-state index in [1.807, 2.05) is 38.2 Å². The van der Waals surface area contributed by atoms with Gasteiger partial charge in [0, 0.05) is 13.5 Å². The molecule has 0 spiro atoms. The maximum Gasteiger partial charge on any atom is 0.222 e. The van der Waals surface area contributed by atoms with Crippen LogP contribution in [0.5, 0.6) is 5.75 Å². The van der Waals surface area contributed by atoms with E-state index in [0.29, 0.717) is 25.5 Å². The third-order valence-corrected chi connectivity index (χ3v) is 4.13. The van der Waals surface area contributed by atoms with Gasteiger partial charge in [0.15, 0.2) is 0 Å². The van der Waals surface area contributed by atoms with E-state index < -0.39 is 0 Å². The molecule has 1 amide bonds. The smallest absolute Gasteiger partial charge is 0.222 e. The third-order valence-electron chi connectivity index (χ3n) is 4.13. The van der Waals surface area contributed by atoms with Crippen molar-refractivity contribution in [1.82, 2.24) is 10.2 Å². The molecule has 0 radical (unpaired) electrons. The van der Waals surface area contributed by atoms with E-state index in [-0.39, 0.29) is 5.91 Å². The predicted molar refractivity (Wildman–Crippen MR) is 84.5 cm³/mol. The molecule has 1 N–H and O–H groups in total. The molecule has 21 heavy (non-hydrogen) atoms. The summed E-state index contributed by atoms with van der Waals surface area (Å²) in [4.78, 5) is 14.0. The molecule has 1 aromatic carbocycles. The van der Waals surface area contributed by atoms with Gasteiger partial charge in [0.05, 0.1) is 6.54 Å². The fraction of sp³-hybridized carbons (Fsp3) is 0.588. The number of hydrogen-bond acceptors (Lipinski definition) is 3. The highest BCUT2D eigenvalue weighted by molar-refractivity contribution is 5.76. The molecule has 1 aromatic rings. The zero-order valence-electron chi connectivity index (χ0n) is 13.1. The van der Waals surface area contributed by atoms with E-state index >= 15 is 0 Å². The van der Waals surface area contributed by atoms with E-state index in [2.05, 4.69) is 5.32 Å². The lowest BCUT2D eigenvalue weighted by molar-refractivity contribution is -0.131. The summed E-state index contributed by atoms with van der Waals surface area (Å²) in [6, 6.07) is 7.96. The number of aryl methyl sites for hydroxylation is 1. The fourth-order valence-corrected chi connectivity index (χ4v) is 2.62. The van der Waals surface area contributed by atoms with Gasteiger partial charge < -0.3 is 15.0 Å². The Morgan fingerprint density at radius 2 is 2.05 bits per heavy atom. The largest absolute Gasteiger partial charge is 0.491 e. The molecule has 0 saturated carbocycles. The molecule has 0 bridgehead atoms. The highest BCUT2D eigenvalue weighted by atomic mass is 16.5. The van der Waals surface area contributed by atoms with Gasteiger partial charge in [0.2, 0.25) is 5.91 Å². The fourth-order valence-electron chi connectivity index (χ4n) is 2.62. The van der Waals surface area contributed by atoms with Crippen LogP contribution in [0.2, 0.25) is 0 Å². The molecule has 0 aliphatic carbocycles. The van der Waals surface area contributed by atoms with Crippen molar-refractivity contribution < 1.29 is 9.53 Å². The lowest BCUT2D eigenvalue weighted by atomic mass is 9.94. The highest BCUT2D eigenvalue weighted by Gasteiger charge is 2.18. The van der Waals surface area contributed by atoms with Crippen LogP contribution < -0.4 is 10.1 Å². The third kappa shape index (κ3) is 5.05. The molecule has 1 aliphatic rings. The van der Waals surface area contributed by atoms with E-state index in [1.54, 1.807) is 4.90 Å². The molecule has 1 heterocycles. The number of carbonyl (C=O) groups excluding carboxylic acids is 1. The molecule has 4 heteroatoms. The summed E-state index contributed by atoms with van der Waals surface area (Å²) >= 11 is 0. The summed E-state index contributed by atoms with van der Waals surface area (Å²) in [5, 5.41) is 3.33. The Kier molecular flexibility index (Phi) is 6.05. The number of piperidine rings is 1. The van der Waals surface area contributed by atoms with E-state index in [0.717, 1.165) is 37.2 Å². The van der Waals surface area contributed by atoms with Crippen LogP contribution in [0, 0.1) is 12.8 Å². The number of carbonyl (C=O) groups is 1. The Bertz CT molecular complexity index is 456. The second-order valence-corrected chi connectivity index (χ2v) is 5.83. The normalized spacial score (nSPS) is 15.7. The zero-order chi connectivity index (χ0) is 15.1. The first kappa shape index (κ1) is 15.8. The summed E-state index contributed by atoms with van der Waals surface area (Å²) < 4.78 is 5.74. The molecule has 1 aliphatic heterocycles. The number of likely N-dealkylation sites (N-methyl/N-ethyl adjacent to an activating group) is 1. The van der Waals surface area contributed by atoms with Crippen LogP contribution in [0.15, 0.2) is 24.3 Å². The van der Waals surface area contributed by atoms with Gasteiger partial charge in [-0.1, -0.05) is 18.2 Å². The van der Waals surface area contributed by atoms with E-state index in [9.17, 15) is 4.79 Å². The van der Waals surface area contributed by atoms with Gasteiger partial charge in [-0.25, -0.2) is 0 Å². The summed E-state index contributed by atoms with van der Waals surface area (Å²) in [7, 11) is 1.87. The molecule has 116 valence electrons. The molecule has 1 saturated heterocycles. The minimum Gasteiger partial charge on any atom is -0.491 e. The van der Waals surface area contributed by atoms with Crippen molar-refractivity contribution in [3.8, 4) is 5.75 Å². The lowest BCUT2D eigenvalue weighted by Gasteiger charge is -2.25. The van der Waals surface area contributed by atoms with Crippen LogP contribution in [0.25, 0.3) is 0 Å². The van der Waals surface area contributed by atoms with Crippen molar-refractivity contribution in [1.29, 1.82) is 0 Å². The highest BCUT2D eigenvalue weighted by Crippen LogP contribution is 2.17. The first-order valence-electron chi connectivity index (χ1n) is 7.80. The Hall–Kier alpha value is -1.55. The molecular weight excluding hydrogens is 264 g/mol. The van der Waals surface area contributed by atoms with Gasteiger partial charge in [-0.15, -0.1) is 0 Å². The van der Waals surface area contributed by atoms with Gasteiger partial charge in [0.25, 0.3) is 0 Å². The van der Waals surface area contributed by atoms with Crippen LogP contribution in [0.4, 0.5) is 0 Å². The van der Waals surface area contributed by atoms with Gasteiger partial charge in [0.1, 0.15) is 12.4 Å². The number of nitrogens with zero attached hydrogens (tertiary/aromatic N) is 1. The van der Waals surface area contributed by atoms with E-state index in [4.69, 9.17) is 4.74 Å². The number of nitrogens with one attached hydrogen (secondary N) is 1. The van der Waals surface area contributed by atoms with Crippen molar-refractivity contribution >= 4 is 5.91 Å². The molecular formula is C17H26N2O2. The Labute approximate surface area is 127 Å². The second-order valence-electron chi connectivity index (χ2n) is 5.83. The molecule has 0 atom stereocenters.